The van der Waals surface area contributed by atoms with Crippen LogP contribution in [0.5, 0.6) is 0 Å². The Morgan fingerprint density at radius 1 is 1.41 bits per heavy atom. The Morgan fingerprint density at radius 3 is 2.35 bits per heavy atom. The molecule has 1 rings (SSSR count). The topological polar surface area (TPSA) is 74.2 Å². The van der Waals surface area contributed by atoms with Crippen molar-refractivity contribution in [3.63, 3.8) is 0 Å². The summed E-state index contributed by atoms with van der Waals surface area (Å²) >= 11 is 0. The molecule has 1 aliphatic heterocycles. The third-order valence-corrected chi connectivity index (χ3v) is 3.46. The Balaban J connectivity index is 3.22. The van der Waals surface area contributed by atoms with Crippen LogP contribution in [0.15, 0.2) is 0 Å². The molecule has 0 radical (unpaired) electrons. The van der Waals surface area contributed by atoms with Crippen LogP contribution in [0.1, 0.15) is 20.3 Å². The number of methoxy groups -OCH3 is 3. The molecular weight excluding hydrogens is 228 g/mol. The van der Waals surface area contributed by atoms with Crippen molar-refractivity contribution in [2.75, 3.05) is 21.3 Å². The molecule has 0 saturated carbocycles. The zero-order chi connectivity index (χ0) is 13.3. The molecule has 6 heteroatoms. The van der Waals surface area contributed by atoms with Gasteiger partial charge in [-0.25, -0.2) is 4.79 Å². The molecule has 0 aromatic carbocycles. The zero-order valence-electron chi connectivity index (χ0n) is 10.9. The number of hydrogen-bond acceptors (Lipinski definition) is 6. The summed E-state index contributed by atoms with van der Waals surface area (Å²) in [6.45, 7) is 3.32. The van der Waals surface area contributed by atoms with Gasteiger partial charge < -0.3 is 24.1 Å². The van der Waals surface area contributed by atoms with Crippen LogP contribution in [0.2, 0.25) is 0 Å². The van der Waals surface area contributed by atoms with Crippen molar-refractivity contribution >= 4 is 5.97 Å². The molecule has 1 fully saturated rings. The molecule has 0 amide bonds. The SMILES string of the molecule is CC[C@H]1[C@H](OC)O[C@](C)(OC)[C@@]1(O)C(=O)OC. The van der Waals surface area contributed by atoms with E-state index < -0.39 is 29.6 Å². The molecule has 6 nitrogen and oxygen atoms in total. The summed E-state index contributed by atoms with van der Waals surface area (Å²) in [4.78, 5) is 11.9. The van der Waals surface area contributed by atoms with Crippen molar-refractivity contribution in [1.29, 1.82) is 0 Å². The van der Waals surface area contributed by atoms with Gasteiger partial charge in [0.1, 0.15) is 0 Å². The number of esters is 1. The maximum atomic E-state index is 11.9. The van der Waals surface area contributed by atoms with Gasteiger partial charge in [0.25, 0.3) is 0 Å². The fourth-order valence-electron chi connectivity index (χ4n) is 2.32. The van der Waals surface area contributed by atoms with Gasteiger partial charge >= 0.3 is 5.97 Å². The maximum absolute atomic E-state index is 11.9. The van der Waals surface area contributed by atoms with E-state index in [0.29, 0.717) is 6.42 Å². The van der Waals surface area contributed by atoms with E-state index in [1.54, 1.807) is 0 Å². The highest BCUT2D eigenvalue weighted by Crippen LogP contribution is 2.46. The fourth-order valence-corrected chi connectivity index (χ4v) is 2.32. The standard InChI is InChI=1S/C11H20O6/c1-6-7-8(14-3)17-10(2,16-5)11(7,13)9(12)15-4/h7-8,13H,6H2,1-5H3/t7-,8+,10-,11-/m0/s1. The lowest BCUT2D eigenvalue weighted by molar-refractivity contribution is -0.287. The van der Waals surface area contributed by atoms with Crippen molar-refractivity contribution in [2.24, 2.45) is 5.92 Å². The van der Waals surface area contributed by atoms with Crippen molar-refractivity contribution in [3.05, 3.63) is 0 Å². The highest BCUT2D eigenvalue weighted by Gasteiger charge is 2.68. The van der Waals surface area contributed by atoms with Crippen molar-refractivity contribution < 1.29 is 28.8 Å². The van der Waals surface area contributed by atoms with Gasteiger partial charge in [-0.05, 0) is 13.3 Å². The molecular formula is C11H20O6. The van der Waals surface area contributed by atoms with Crippen molar-refractivity contribution in [3.8, 4) is 0 Å². The number of ether oxygens (including phenoxy) is 4. The van der Waals surface area contributed by atoms with Crippen LogP contribution in [-0.2, 0) is 23.7 Å². The lowest BCUT2D eigenvalue weighted by atomic mass is 9.81. The van der Waals surface area contributed by atoms with Gasteiger partial charge in [-0.3, -0.25) is 0 Å². The van der Waals surface area contributed by atoms with E-state index in [9.17, 15) is 9.90 Å². The Hall–Kier alpha value is -0.690. The van der Waals surface area contributed by atoms with E-state index in [2.05, 4.69) is 4.74 Å². The monoisotopic (exact) mass is 248 g/mol. The lowest BCUT2D eigenvalue weighted by Crippen LogP contribution is -2.59. The Morgan fingerprint density at radius 2 is 2.00 bits per heavy atom. The van der Waals surface area contributed by atoms with E-state index in [1.165, 1.54) is 28.3 Å². The molecule has 0 aliphatic carbocycles. The molecule has 0 spiro atoms. The zero-order valence-corrected chi connectivity index (χ0v) is 10.9. The van der Waals surface area contributed by atoms with Crippen LogP contribution in [0.4, 0.5) is 0 Å². The molecule has 100 valence electrons. The fraction of sp³-hybridized carbons (Fsp3) is 0.909. The maximum Gasteiger partial charge on any atom is 0.344 e. The molecule has 1 heterocycles. The van der Waals surface area contributed by atoms with E-state index >= 15 is 0 Å². The minimum Gasteiger partial charge on any atom is -0.467 e. The van der Waals surface area contributed by atoms with E-state index in [4.69, 9.17) is 14.2 Å². The van der Waals surface area contributed by atoms with Crippen LogP contribution < -0.4 is 0 Å². The summed E-state index contributed by atoms with van der Waals surface area (Å²) in [5.41, 5.74) is -1.88. The van der Waals surface area contributed by atoms with Gasteiger partial charge in [0.15, 0.2) is 6.29 Å². The largest absolute Gasteiger partial charge is 0.467 e. The highest BCUT2D eigenvalue weighted by atomic mass is 16.8. The molecule has 1 saturated heterocycles. The minimum atomic E-state index is -1.88. The van der Waals surface area contributed by atoms with Gasteiger partial charge in [-0.1, -0.05) is 6.92 Å². The molecule has 0 unspecified atom stereocenters. The van der Waals surface area contributed by atoms with E-state index in [0.717, 1.165) is 0 Å². The number of carbonyl (C=O) groups excluding carboxylic acids is 1. The molecule has 4 atom stereocenters. The molecule has 1 N–H and O–H groups in total. The Kier molecular flexibility index (Phi) is 4.14. The summed E-state index contributed by atoms with van der Waals surface area (Å²) < 4.78 is 20.4. The van der Waals surface area contributed by atoms with Crippen LogP contribution >= 0.6 is 0 Å². The van der Waals surface area contributed by atoms with Gasteiger partial charge in [0.05, 0.1) is 13.0 Å². The van der Waals surface area contributed by atoms with Crippen LogP contribution in [0, 0.1) is 5.92 Å². The third kappa shape index (κ3) is 1.85. The van der Waals surface area contributed by atoms with E-state index in [1.807, 2.05) is 6.92 Å². The summed E-state index contributed by atoms with van der Waals surface area (Å²) in [5.74, 6) is -2.82. The quantitative estimate of drug-likeness (QED) is 0.720. The minimum absolute atomic E-state index is 0.489. The summed E-state index contributed by atoms with van der Waals surface area (Å²) in [6, 6.07) is 0. The highest BCUT2D eigenvalue weighted by molar-refractivity contribution is 5.81. The second-order valence-electron chi connectivity index (χ2n) is 4.14. The molecule has 0 bridgehead atoms. The molecule has 0 aromatic rings. The van der Waals surface area contributed by atoms with Crippen LogP contribution in [0.25, 0.3) is 0 Å². The van der Waals surface area contributed by atoms with Crippen molar-refractivity contribution in [1.82, 2.24) is 0 Å². The first-order chi connectivity index (χ1) is 7.91. The summed E-state index contributed by atoms with van der Waals surface area (Å²) in [5, 5.41) is 10.6. The second kappa shape index (κ2) is 4.89. The predicted octanol–water partition coefficient (Wildman–Crippen LogP) is 0.282. The molecule has 17 heavy (non-hydrogen) atoms. The van der Waals surface area contributed by atoms with Crippen LogP contribution in [0.3, 0.4) is 0 Å². The lowest BCUT2D eigenvalue weighted by Gasteiger charge is -2.36. The first-order valence-electron chi connectivity index (χ1n) is 5.47. The normalized spacial score (nSPS) is 41.5. The first kappa shape index (κ1) is 14.4. The summed E-state index contributed by atoms with van der Waals surface area (Å²) in [6.07, 6.45) is -0.225. The predicted molar refractivity (Wildman–Crippen MR) is 58.0 cm³/mol. The van der Waals surface area contributed by atoms with Gasteiger partial charge in [-0.2, -0.15) is 0 Å². The molecule has 1 aliphatic rings. The van der Waals surface area contributed by atoms with Crippen molar-refractivity contribution in [2.45, 2.75) is 37.9 Å². The summed E-state index contributed by atoms with van der Waals surface area (Å²) in [7, 11) is 4.02. The smallest absolute Gasteiger partial charge is 0.344 e. The Bertz CT molecular complexity index is 294. The molecule has 0 aromatic heterocycles. The number of rotatable bonds is 4. The number of aliphatic hydroxyl groups is 1. The average molecular weight is 248 g/mol. The first-order valence-corrected chi connectivity index (χ1v) is 5.47. The van der Waals surface area contributed by atoms with Gasteiger partial charge in [-0.15, -0.1) is 0 Å². The second-order valence-corrected chi connectivity index (χ2v) is 4.14. The van der Waals surface area contributed by atoms with Crippen LogP contribution in [-0.4, -0.2) is 50.1 Å². The number of carbonyl (C=O) groups is 1. The third-order valence-electron chi connectivity index (χ3n) is 3.46. The average Bonchev–Trinajstić information content (AvgIpc) is 2.58. The Labute approximate surface area is 101 Å². The van der Waals surface area contributed by atoms with Gasteiger partial charge in [0.2, 0.25) is 11.4 Å². The van der Waals surface area contributed by atoms with E-state index in [-0.39, 0.29) is 0 Å². The van der Waals surface area contributed by atoms with Gasteiger partial charge in [0, 0.05) is 14.2 Å². The number of hydrogen-bond donors (Lipinski definition) is 1.